The summed E-state index contributed by atoms with van der Waals surface area (Å²) in [4.78, 5) is 12.4. The van der Waals surface area contributed by atoms with Crippen LogP contribution in [0.1, 0.15) is 0 Å². The van der Waals surface area contributed by atoms with Crippen LogP contribution in [0.3, 0.4) is 0 Å². The van der Waals surface area contributed by atoms with E-state index in [4.69, 9.17) is 0 Å². The van der Waals surface area contributed by atoms with Gasteiger partial charge in [0.05, 0.1) is 16.7 Å². The number of nitrogens with one attached hydrogen (secondary N) is 1. The SMILES string of the molecule is O=c1c2nnc3ccccc3c2[nH]n1-c1ccccc1. The summed E-state index contributed by atoms with van der Waals surface area (Å²) in [6.45, 7) is 0. The third-order valence-electron chi connectivity index (χ3n) is 3.31. The molecule has 0 amide bonds. The van der Waals surface area contributed by atoms with E-state index in [0.717, 1.165) is 16.6 Å². The van der Waals surface area contributed by atoms with E-state index in [1.807, 2.05) is 54.6 Å². The second kappa shape index (κ2) is 4.03. The number of benzene rings is 2. The molecule has 4 aromatic rings. The number of H-pyrrole nitrogens is 1. The van der Waals surface area contributed by atoms with Crippen LogP contribution in [0.4, 0.5) is 0 Å². The van der Waals surface area contributed by atoms with E-state index in [1.165, 1.54) is 4.68 Å². The van der Waals surface area contributed by atoms with Crippen molar-refractivity contribution in [2.75, 3.05) is 0 Å². The van der Waals surface area contributed by atoms with Crippen LogP contribution >= 0.6 is 0 Å². The first-order chi connectivity index (χ1) is 9.84. The molecule has 0 saturated carbocycles. The molecule has 2 heterocycles. The summed E-state index contributed by atoms with van der Waals surface area (Å²) in [5.41, 5.74) is 2.42. The van der Waals surface area contributed by atoms with Crippen molar-refractivity contribution in [3.8, 4) is 5.69 Å². The van der Waals surface area contributed by atoms with E-state index >= 15 is 0 Å². The Balaban J connectivity index is 2.13. The van der Waals surface area contributed by atoms with Crippen molar-refractivity contribution in [2.45, 2.75) is 0 Å². The lowest BCUT2D eigenvalue weighted by atomic mass is 10.2. The fourth-order valence-corrected chi connectivity index (χ4v) is 2.34. The van der Waals surface area contributed by atoms with Crippen LogP contribution in [-0.4, -0.2) is 20.0 Å². The highest BCUT2D eigenvalue weighted by molar-refractivity contribution is 6.00. The Morgan fingerprint density at radius 3 is 2.50 bits per heavy atom. The van der Waals surface area contributed by atoms with E-state index < -0.39 is 0 Å². The summed E-state index contributed by atoms with van der Waals surface area (Å²) in [7, 11) is 0. The number of hydrogen-bond donors (Lipinski definition) is 1. The number of hydrogen-bond acceptors (Lipinski definition) is 3. The molecule has 1 N–H and O–H groups in total. The lowest BCUT2D eigenvalue weighted by Gasteiger charge is -1.99. The molecule has 5 heteroatoms. The highest BCUT2D eigenvalue weighted by Gasteiger charge is 2.12. The molecule has 0 unspecified atom stereocenters. The molecular weight excluding hydrogens is 252 g/mol. The first-order valence-corrected chi connectivity index (χ1v) is 6.26. The summed E-state index contributed by atoms with van der Waals surface area (Å²) in [6.07, 6.45) is 0. The minimum absolute atomic E-state index is 0.190. The quantitative estimate of drug-likeness (QED) is 0.572. The Morgan fingerprint density at radius 1 is 0.900 bits per heavy atom. The first kappa shape index (κ1) is 10.9. The lowest BCUT2D eigenvalue weighted by molar-refractivity contribution is 0.863. The molecule has 0 saturated heterocycles. The fraction of sp³-hybridized carbons (Fsp3) is 0. The van der Waals surface area contributed by atoms with Gasteiger partial charge in [-0.25, -0.2) is 4.68 Å². The summed E-state index contributed by atoms with van der Waals surface area (Å²) >= 11 is 0. The zero-order valence-electron chi connectivity index (χ0n) is 10.4. The second-order valence-electron chi connectivity index (χ2n) is 4.53. The standard InChI is InChI=1S/C15H10N4O/c20-15-14-13(11-8-4-5-9-12(11)16-17-14)18-19(15)10-6-2-1-3-7-10/h1-9,18H. The number of rotatable bonds is 1. The van der Waals surface area contributed by atoms with E-state index in [1.54, 1.807) is 0 Å². The minimum Gasteiger partial charge on any atom is -0.288 e. The molecule has 2 aromatic heterocycles. The monoisotopic (exact) mass is 262 g/mol. The second-order valence-corrected chi connectivity index (χ2v) is 4.53. The molecule has 2 aromatic carbocycles. The molecule has 4 rings (SSSR count). The maximum Gasteiger partial charge on any atom is 0.299 e. The Bertz CT molecular complexity index is 969. The predicted molar refractivity (Wildman–Crippen MR) is 77.0 cm³/mol. The van der Waals surface area contributed by atoms with Crippen molar-refractivity contribution in [3.05, 3.63) is 65.0 Å². The number of para-hydroxylation sites is 1. The molecule has 0 radical (unpaired) electrons. The average molecular weight is 262 g/mol. The van der Waals surface area contributed by atoms with Crippen molar-refractivity contribution >= 4 is 21.9 Å². The van der Waals surface area contributed by atoms with Crippen molar-refractivity contribution in [3.63, 3.8) is 0 Å². The van der Waals surface area contributed by atoms with Crippen LogP contribution < -0.4 is 5.56 Å². The molecule has 5 nitrogen and oxygen atoms in total. The van der Waals surface area contributed by atoms with Crippen LogP contribution in [0, 0.1) is 0 Å². The van der Waals surface area contributed by atoms with Gasteiger partial charge in [-0.2, -0.15) is 0 Å². The van der Waals surface area contributed by atoms with E-state index in [9.17, 15) is 4.79 Å². The molecule has 20 heavy (non-hydrogen) atoms. The third kappa shape index (κ3) is 1.46. The van der Waals surface area contributed by atoms with Gasteiger partial charge in [-0.3, -0.25) is 9.89 Å². The van der Waals surface area contributed by atoms with Crippen LogP contribution in [0.2, 0.25) is 0 Å². The maximum absolute atomic E-state index is 12.4. The highest BCUT2D eigenvalue weighted by atomic mass is 16.1. The average Bonchev–Trinajstić information content (AvgIpc) is 2.86. The van der Waals surface area contributed by atoms with Crippen molar-refractivity contribution < 1.29 is 0 Å². The summed E-state index contributed by atoms with van der Waals surface area (Å²) < 4.78 is 1.49. The molecule has 0 aliphatic heterocycles. The third-order valence-corrected chi connectivity index (χ3v) is 3.31. The molecule has 0 aliphatic rings. The number of fused-ring (bicyclic) bond motifs is 3. The normalized spacial score (nSPS) is 11.2. The van der Waals surface area contributed by atoms with Crippen molar-refractivity contribution in [2.24, 2.45) is 0 Å². The van der Waals surface area contributed by atoms with Gasteiger partial charge in [0.2, 0.25) is 0 Å². The topological polar surface area (TPSA) is 63.6 Å². The number of nitrogens with zero attached hydrogens (tertiary/aromatic N) is 3. The Labute approximate surface area is 113 Å². The fourth-order valence-electron chi connectivity index (χ4n) is 2.34. The molecule has 0 bridgehead atoms. The van der Waals surface area contributed by atoms with Crippen LogP contribution in [0.15, 0.2) is 59.4 Å². The lowest BCUT2D eigenvalue weighted by Crippen LogP contribution is -2.14. The zero-order chi connectivity index (χ0) is 13.5. The van der Waals surface area contributed by atoms with E-state index in [0.29, 0.717) is 11.0 Å². The van der Waals surface area contributed by atoms with Gasteiger partial charge in [0.25, 0.3) is 5.56 Å². The minimum atomic E-state index is -0.190. The molecule has 96 valence electrons. The highest BCUT2D eigenvalue weighted by Crippen LogP contribution is 2.18. The van der Waals surface area contributed by atoms with Gasteiger partial charge in [0, 0.05) is 5.39 Å². The zero-order valence-corrected chi connectivity index (χ0v) is 10.4. The number of aromatic amines is 1. The Morgan fingerprint density at radius 2 is 1.65 bits per heavy atom. The predicted octanol–water partition coefficient (Wildman–Crippen LogP) is 2.26. The Hall–Kier alpha value is -2.95. The smallest absolute Gasteiger partial charge is 0.288 e. The van der Waals surface area contributed by atoms with Gasteiger partial charge >= 0.3 is 0 Å². The molecule has 0 aliphatic carbocycles. The van der Waals surface area contributed by atoms with Gasteiger partial charge in [0.1, 0.15) is 0 Å². The van der Waals surface area contributed by atoms with Gasteiger partial charge in [-0.15, -0.1) is 10.2 Å². The van der Waals surface area contributed by atoms with Gasteiger partial charge in [-0.05, 0) is 18.2 Å². The number of aromatic nitrogens is 4. The van der Waals surface area contributed by atoms with E-state index in [-0.39, 0.29) is 5.56 Å². The Kier molecular flexibility index (Phi) is 2.20. The molecular formula is C15H10N4O. The summed E-state index contributed by atoms with van der Waals surface area (Å²) in [6, 6.07) is 17.0. The van der Waals surface area contributed by atoms with Crippen LogP contribution in [0.25, 0.3) is 27.6 Å². The first-order valence-electron chi connectivity index (χ1n) is 6.26. The van der Waals surface area contributed by atoms with Crippen LogP contribution in [0.5, 0.6) is 0 Å². The molecule has 0 fully saturated rings. The maximum atomic E-state index is 12.4. The van der Waals surface area contributed by atoms with Gasteiger partial charge in [0.15, 0.2) is 5.52 Å². The van der Waals surface area contributed by atoms with Crippen molar-refractivity contribution in [1.29, 1.82) is 0 Å². The van der Waals surface area contributed by atoms with Crippen molar-refractivity contribution in [1.82, 2.24) is 20.0 Å². The van der Waals surface area contributed by atoms with Gasteiger partial charge in [-0.1, -0.05) is 36.4 Å². The van der Waals surface area contributed by atoms with Gasteiger partial charge < -0.3 is 0 Å². The summed E-state index contributed by atoms with van der Waals surface area (Å²) in [5.74, 6) is 0. The molecule has 0 spiro atoms. The van der Waals surface area contributed by atoms with E-state index in [2.05, 4.69) is 15.3 Å². The van der Waals surface area contributed by atoms with Crippen LogP contribution in [-0.2, 0) is 0 Å². The summed E-state index contributed by atoms with van der Waals surface area (Å²) in [5, 5.41) is 12.2. The molecule has 0 atom stereocenters. The largest absolute Gasteiger partial charge is 0.299 e.